The van der Waals surface area contributed by atoms with Gasteiger partial charge in [-0.15, -0.1) is 11.6 Å². The van der Waals surface area contributed by atoms with Gasteiger partial charge in [0.2, 0.25) is 5.91 Å². The minimum absolute atomic E-state index is 0.000714. The highest BCUT2D eigenvalue weighted by Crippen LogP contribution is 2.22. The summed E-state index contributed by atoms with van der Waals surface area (Å²) in [6.45, 7) is 0.567. The maximum Gasteiger partial charge on any atom is 0.234 e. The Labute approximate surface area is 108 Å². The summed E-state index contributed by atoms with van der Waals surface area (Å²) < 4.78 is 6.14. The van der Waals surface area contributed by atoms with Gasteiger partial charge in [0.25, 0.3) is 0 Å². The number of alkyl halides is 1. The van der Waals surface area contributed by atoms with Gasteiger partial charge in [0.15, 0.2) is 0 Å². The van der Waals surface area contributed by atoms with Crippen molar-refractivity contribution >= 4 is 33.4 Å². The van der Waals surface area contributed by atoms with Gasteiger partial charge in [-0.05, 0) is 30.2 Å². The normalized spacial score (nSPS) is 9.94. The quantitative estimate of drug-likeness (QED) is 0.848. The Morgan fingerprint density at radius 2 is 2.31 bits per heavy atom. The van der Waals surface area contributed by atoms with Crippen LogP contribution in [0.5, 0.6) is 5.75 Å². The minimum atomic E-state index is -0.152. The van der Waals surface area contributed by atoms with E-state index in [-0.39, 0.29) is 11.8 Å². The van der Waals surface area contributed by atoms with E-state index in [1.165, 1.54) is 0 Å². The highest BCUT2D eigenvalue weighted by atomic mass is 79.9. The molecule has 1 aromatic rings. The van der Waals surface area contributed by atoms with Crippen LogP contribution in [0.15, 0.2) is 22.7 Å². The number of halogens is 2. The molecule has 0 aliphatic heterocycles. The van der Waals surface area contributed by atoms with Crippen molar-refractivity contribution in [3.05, 3.63) is 28.2 Å². The highest BCUT2D eigenvalue weighted by Gasteiger charge is 2.03. The number of methoxy groups -OCH3 is 1. The van der Waals surface area contributed by atoms with Gasteiger partial charge in [0, 0.05) is 11.0 Å². The second-order valence-corrected chi connectivity index (χ2v) is 4.31. The molecule has 0 aliphatic carbocycles. The van der Waals surface area contributed by atoms with Crippen LogP contribution in [0.1, 0.15) is 5.56 Å². The van der Waals surface area contributed by atoms with Crippen LogP contribution in [0.2, 0.25) is 0 Å². The van der Waals surface area contributed by atoms with E-state index in [0.29, 0.717) is 6.54 Å². The zero-order valence-electron chi connectivity index (χ0n) is 8.93. The third-order valence-corrected chi connectivity index (χ3v) is 3.11. The average Bonchev–Trinajstić information content (AvgIpc) is 2.31. The van der Waals surface area contributed by atoms with Crippen molar-refractivity contribution in [3.63, 3.8) is 0 Å². The van der Waals surface area contributed by atoms with Crippen LogP contribution in [-0.4, -0.2) is 25.4 Å². The molecule has 0 saturated carbocycles. The second-order valence-electron chi connectivity index (χ2n) is 3.19. The lowest BCUT2D eigenvalue weighted by Crippen LogP contribution is -2.26. The monoisotopic (exact) mass is 305 g/mol. The van der Waals surface area contributed by atoms with E-state index in [0.717, 1.165) is 22.2 Å². The van der Waals surface area contributed by atoms with Crippen LogP contribution in [0.4, 0.5) is 0 Å². The largest absolute Gasteiger partial charge is 0.497 e. The Balaban J connectivity index is 2.55. The summed E-state index contributed by atoms with van der Waals surface area (Å²) in [5, 5.41) is 2.71. The maximum absolute atomic E-state index is 10.9. The van der Waals surface area contributed by atoms with E-state index in [1.54, 1.807) is 7.11 Å². The Morgan fingerprint density at radius 1 is 1.56 bits per heavy atom. The molecule has 0 aliphatic rings. The van der Waals surface area contributed by atoms with Gasteiger partial charge in [-0.3, -0.25) is 4.79 Å². The van der Waals surface area contributed by atoms with Crippen molar-refractivity contribution in [2.45, 2.75) is 6.42 Å². The number of nitrogens with one attached hydrogen (secondary N) is 1. The van der Waals surface area contributed by atoms with Crippen molar-refractivity contribution in [1.29, 1.82) is 0 Å². The Bertz CT molecular complexity index is 371. The summed E-state index contributed by atoms with van der Waals surface area (Å²) in [5.74, 6) is 0.654. The van der Waals surface area contributed by atoms with Crippen LogP contribution in [0.25, 0.3) is 0 Å². The Hall–Kier alpha value is -0.740. The fourth-order valence-electron chi connectivity index (χ4n) is 1.25. The number of benzene rings is 1. The van der Waals surface area contributed by atoms with E-state index < -0.39 is 0 Å². The molecular weight excluding hydrogens is 293 g/mol. The van der Waals surface area contributed by atoms with Gasteiger partial charge < -0.3 is 10.1 Å². The molecule has 1 rings (SSSR count). The van der Waals surface area contributed by atoms with E-state index >= 15 is 0 Å². The summed E-state index contributed by atoms with van der Waals surface area (Å²) in [6.07, 6.45) is 0.737. The molecule has 0 aromatic heterocycles. The molecule has 1 amide bonds. The smallest absolute Gasteiger partial charge is 0.234 e. The van der Waals surface area contributed by atoms with Crippen LogP contribution < -0.4 is 10.1 Å². The Kier molecular flexibility index (Phi) is 5.63. The van der Waals surface area contributed by atoms with Crippen LogP contribution in [0.3, 0.4) is 0 Å². The van der Waals surface area contributed by atoms with E-state index in [1.807, 2.05) is 18.2 Å². The van der Waals surface area contributed by atoms with E-state index in [4.69, 9.17) is 16.3 Å². The van der Waals surface area contributed by atoms with Crippen LogP contribution in [-0.2, 0) is 11.2 Å². The van der Waals surface area contributed by atoms with Gasteiger partial charge in [-0.2, -0.15) is 0 Å². The minimum Gasteiger partial charge on any atom is -0.497 e. The number of hydrogen-bond donors (Lipinski definition) is 1. The molecule has 3 nitrogen and oxygen atoms in total. The third-order valence-electron chi connectivity index (χ3n) is 2.09. The van der Waals surface area contributed by atoms with Gasteiger partial charge in [-0.25, -0.2) is 0 Å². The molecule has 0 spiro atoms. The molecule has 5 heteroatoms. The zero-order chi connectivity index (χ0) is 12.0. The SMILES string of the molecule is COc1ccc(Br)c(CCNC(=O)CCl)c1. The molecule has 0 fully saturated rings. The zero-order valence-corrected chi connectivity index (χ0v) is 11.3. The summed E-state index contributed by atoms with van der Waals surface area (Å²) in [6, 6.07) is 5.75. The standard InChI is InChI=1S/C11H13BrClNO2/c1-16-9-2-3-10(12)8(6-9)4-5-14-11(15)7-13/h2-3,6H,4-5,7H2,1H3,(H,14,15). The first-order valence-electron chi connectivity index (χ1n) is 4.82. The summed E-state index contributed by atoms with van der Waals surface area (Å²) >= 11 is 8.82. The lowest BCUT2D eigenvalue weighted by Gasteiger charge is -2.07. The molecule has 0 unspecified atom stereocenters. The molecule has 0 atom stereocenters. The average molecular weight is 307 g/mol. The fraction of sp³-hybridized carbons (Fsp3) is 0.364. The Morgan fingerprint density at radius 3 is 2.94 bits per heavy atom. The van der Waals surface area contributed by atoms with Gasteiger partial charge in [0.05, 0.1) is 7.11 Å². The summed E-state index contributed by atoms with van der Waals surface area (Å²) in [4.78, 5) is 10.9. The topological polar surface area (TPSA) is 38.3 Å². The fourth-order valence-corrected chi connectivity index (χ4v) is 1.79. The molecular formula is C11H13BrClNO2. The molecule has 0 bridgehead atoms. The van der Waals surface area contributed by atoms with Crippen molar-refractivity contribution in [1.82, 2.24) is 5.32 Å². The first kappa shape index (κ1) is 13.3. The molecule has 0 radical (unpaired) electrons. The maximum atomic E-state index is 10.9. The number of carbonyl (C=O) groups is 1. The van der Waals surface area contributed by atoms with Crippen molar-refractivity contribution < 1.29 is 9.53 Å². The lowest BCUT2D eigenvalue weighted by atomic mass is 10.1. The second kappa shape index (κ2) is 6.76. The first-order chi connectivity index (χ1) is 7.67. The third kappa shape index (κ3) is 4.02. The molecule has 0 heterocycles. The summed E-state index contributed by atoms with van der Waals surface area (Å²) in [5.41, 5.74) is 1.09. The van der Waals surface area contributed by atoms with Gasteiger partial charge in [0.1, 0.15) is 11.6 Å². The van der Waals surface area contributed by atoms with E-state index in [9.17, 15) is 4.79 Å². The molecule has 1 N–H and O–H groups in total. The lowest BCUT2D eigenvalue weighted by molar-refractivity contribution is -0.118. The van der Waals surface area contributed by atoms with Gasteiger partial charge >= 0.3 is 0 Å². The molecule has 88 valence electrons. The number of hydrogen-bond acceptors (Lipinski definition) is 2. The summed E-state index contributed by atoms with van der Waals surface area (Å²) in [7, 11) is 1.63. The first-order valence-corrected chi connectivity index (χ1v) is 6.15. The van der Waals surface area contributed by atoms with Crippen LogP contribution >= 0.6 is 27.5 Å². The number of amides is 1. The number of carbonyl (C=O) groups excluding carboxylic acids is 1. The van der Waals surface area contributed by atoms with Gasteiger partial charge in [-0.1, -0.05) is 15.9 Å². The van der Waals surface area contributed by atoms with Crippen LogP contribution in [0, 0.1) is 0 Å². The number of rotatable bonds is 5. The van der Waals surface area contributed by atoms with E-state index in [2.05, 4.69) is 21.2 Å². The molecule has 1 aromatic carbocycles. The van der Waals surface area contributed by atoms with Crippen molar-refractivity contribution in [2.75, 3.05) is 19.5 Å². The predicted molar refractivity (Wildman–Crippen MR) is 68.1 cm³/mol. The van der Waals surface area contributed by atoms with Crippen molar-refractivity contribution in [3.8, 4) is 5.75 Å². The molecule has 0 saturated heterocycles. The predicted octanol–water partition coefficient (Wildman–Crippen LogP) is 2.36. The highest BCUT2D eigenvalue weighted by molar-refractivity contribution is 9.10. The number of ether oxygens (including phenoxy) is 1. The molecule has 16 heavy (non-hydrogen) atoms. The van der Waals surface area contributed by atoms with Crippen molar-refractivity contribution in [2.24, 2.45) is 0 Å².